The first-order valence-corrected chi connectivity index (χ1v) is 15.4. The molecule has 0 spiro atoms. The van der Waals surface area contributed by atoms with Gasteiger partial charge in [0.1, 0.15) is 5.69 Å². The Bertz CT molecular complexity index is 1590. The number of quaternary nitrogens is 1. The summed E-state index contributed by atoms with van der Waals surface area (Å²) in [6.45, 7) is 2.83. The highest BCUT2D eigenvalue weighted by molar-refractivity contribution is 7.81. The summed E-state index contributed by atoms with van der Waals surface area (Å²) in [6, 6.07) is 11.4. The number of pyridine rings is 1. The summed E-state index contributed by atoms with van der Waals surface area (Å²) in [7, 11) is 4.05. The monoisotopic (exact) mass is 621 g/mol. The van der Waals surface area contributed by atoms with Crippen LogP contribution in [0, 0.1) is 0 Å². The van der Waals surface area contributed by atoms with Gasteiger partial charge in [0.25, 0.3) is 5.91 Å². The molecule has 0 unspecified atom stereocenters. The van der Waals surface area contributed by atoms with E-state index >= 15 is 0 Å². The lowest BCUT2D eigenvalue weighted by molar-refractivity contribution is -0.857. The van der Waals surface area contributed by atoms with Gasteiger partial charge in [-0.2, -0.15) is 12.6 Å². The van der Waals surface area contributed by atoms with Crippen molar-refractivity contribution >= 4 is 58.6 Å². The number of rotatable bonds is 10. The van der Waals surface area contributed by atoms with Crippen molar-refractivity contribution in [2.45, 2.75) is 55.9 Å². The minimum Gasteiger partial charge on any atom is -0.360 e. The minimum absolute atomic E-state index is 0.0367. The maximum Gasteiger partial charge on any atom is 0.270 e. The molecule has 1 saturated carbocycles. The van der Waals surface area contributed by atoms with Crippen LogP contribution in [-0.2, 0) is 4.79 Å². The van der Waals surface area contributed by atoms with Crippen molar-refractivity contribution in [3.05, 3.63) is 65.7 Å². The zero-order chi connectivity index (χ0) is 30.6. The number of H-pyrrole nitrogens is 1. The number of thiol groups is 1. The first-order chi connectivity index (χ1) is 20.6. The van der Waals surface area contributed by atoms with Gasteiger partial charge in [-0.1, -0.05) is 29.8 Å². The zero-order valence-electron chi connectivity index (χ0n) is 24.6. The van der Waals surface area contributed by atoms with E-state index in [9.17, 15) is 9.59 Å². The van der Waals surface area contributed by atoms with E-state index in [1.54, 1.807) is 18.3 Å². The summed E-state index contributed by atoms with van der Waals surface area (Å²) < 4.78 is 0. The smallest absolute Gasteiger partial charge is 0.270 e. The number of benzene rings is 1. The van der Waals surface area contributed by atoms with Crippen molar-refractivity contribution in [3.63, 3.8) is 0 Å². The van der Waals surface area contributed by atoms with Gasteiger partial charge >= 0.3 is 0 Å². The summed E-state index contributed by atoms with van der Waals surface area (Å²) in [6.07, 6.45) is 8.73. The topological polar surface area (TPSA) is 129 Å². The zero-order valence-corrected chi connectivity index (χ0v) is 26.2. The molecule has 1 aromatic carbocycles. The van der Waals surface area contributed by atoms with Gasteiger partial charge in [0.15, 0.2) is 0 Å². The fourth-order valence-corrected chi connectivity index (χ4v) is 6.43. The Balaban J connectivity index is 1.19. The average molecular weight is 622 g/mol. The number of nitrogens with one attached hydrogen (secondary N) is 5. The average Bonchev–Trinajstić information content (AvgIpc) is 3.38. The first kappa shape index (κ1) is 30.8. The van der Waals surface area contributed by atoms with Crippen LogP contribution < -0.4 is 20.9 Å². The molecule has 5 N–H and O–H groups in total. The molecule has 4 aromatic rings. The summed E-state index contributed by atoms with van der Waals surface area (Å²) in [5, 5.41) is 11.0. The number of anilines is 2. The Labute approximate surface area is 261 Å². The lowest BCUT2D eigenvalue weighted by atomic mass is 9.80. The molecular weight excluding hydrogens is 584 g/mol. The Kier molecular flexibility index (Phi) is 9.53. The lowest BCUT2D eigenvalue weighted by Gasteiger charge is -2.39. The van der Waals surface area contributed by atoms with Crippen molar-refractivity contribution in [3.8, 4) is 11.3 Å². The molecule has 0 radical (unpaired) electrons. The van der Waals surface area contributed by atoms with Crippen LogP contribution in [0.1, 0.15) is 49.5 Å². The third kappa shape index (κ3) is 7.84. The van der Waals surface area contributed by atoms with Crippen LogP contribution in [0.4, 0.5) is 11.6 Å². The maximum absolute atomic E-state index is 13.1. The van der Waals surface area contributed by atoms with Crippen molar-refractivity contribution in [1.29, 1.82) is 0 Å². The van der Waals surface area contributed by atoms with Gasteiger partial charge in [-0.25, -0.2) is 15.0 Å². The number of aromatic nitrogens is 4. The van der Waals surface area contributed by atoms with E-state index in [0.29, 0.717) is 40.9 Å². The molecule has 226 valence electrons. The second kappa shape index (κ2) is 13.3. The molecule has 3 heterocycles. The van der Waals surface area contributed by atoms with Crippen LogP contribution >= 0.6 is 24.2 Å². The fraction of sp³-hybridized carbons (Fsp3) is 0.387. The molecule has 0 saturated heterocycles. The summed E-state index contributed by atoms with van der Waals surface area (Å²) in [4.78, 5) is 43.5. The van der Waals surface area contributed by atoms with Crippen molar-refractivity contribution in [1.82, 2.24) is 25.3 Å². The molecular formula is C31H38ClN8O2S+. The molecule has 10 nitrogen and oxygen atoms in total. The van der Waals surface area contributed by atoms with E-state index in [0.717, 1.165) is 42.3 Å². The quantitative estimate of drug-likeness (QED) is 0.149. The lowest BCUT2D eigenvalue weighted by Crippen LogP contribution is -3.06. The standard InChI is InChI=1S/C31H37ClN8O2S/c1-31(39-29(42)26-11-10-20(15-33-26)36-27(41)13-21(43)18-40(2)3)12-6-7-19(14-31)37-30-35-17-24(32)28(38-30)23-16-34-25-9-5-4-8-22(23)25/h4-5,8-11,15-17,19,21,34,43H,6-7,12-14,18H2,1-3H3,(H,36,41)(H,39,42)(H,35,37,38)/p+1/t19-,21+,31+/m1/s1. The Hall–Kier alpha value is -3.67. The molecule has 1 aliphatic carbocycles. The molecule has 0 aliphatic heterocycles. The van der Waals surface area contributed by atoms with Gasteiger partial charge in [0.2, 0.25) is 11.9 Å². The number of para-hydroxylation sites is 1. The normalized spacial score (nSPS) is 19.3. The fourth-order valence-electron chi connectivity index (χ4n) is 5.71. The first-order valence-electron chi connectivity index (χ1n) is 14.5. The van der Waals surface area contributed by atoms with Crippen molar-refractivity contribution in [2.75, 3.05) is 31.3 Å². The molecule has 0 bridgehead atoms. The number of hydrogen-bond donors (Lipinski definition) is 6. The van der Waals surface area contributed by atoms with Gasteiger partial charge in [-0.15, -0.1) is 0 Å². The van der Waals surface area contributed by atoms with E-state index in [4.69, 9.17) is 16.6 Å². The minimum atomic E-state index is -0.441. The van der Waals surface area contributed by atoms with E-state index in [1.807, 2.05) is 44.6 Å². The molecule has 5 rings (SSSR count). The van der Waals surface area contributed by atoms with Crippen molar-refractivity contribution in [2.24, 2.45) is 0 Å². The predicted molar refractivity (Wildman–Crippen MR) is 174 cm³/mol. The molecule has 43 heavy (non-hydrogen) atoms. The Morgan fingerprint density at radius 1 is 1.19 bits per heavy atom. The van der Waals surface area contributed by atoms with Crippen LogP contribution in [-0.4, -0.2) is 69.2 Å². The van der Waals surface area contributed by atoms with Gasteiger partial charge in [0.05, 0.1) is 54.7 Å². The molecule has 2 amide bonds. The third-order valence-corrected chi connectivity index (χ3v) is 8.30. The van der Waals surface area contributed by atoms with Crippen molar-refractivity contribution < 1.29 is 14.5 Å². The number of aromatic amines is 1. The second-order valence-electron chi connectivity index (χ2n) is 11.8. The van der Waals surface area contributed by atoms with E-state index in [1.165, 1.54) is 11.1 Å². The SMILES string of the molecule is C[NH+](C)C[C@@H](S)CC(=O)Nc1ccc(C(=O)N[C@@]2(C)CCC[C@@H](Nc3ncc(Cl)c(-c4c[nH]c5ccccc45)n3)C2)nc1. The van der Waals surface area contributed by atoms with Crippen LogP contribution in [0.5, 0.6) is 0 Å². The number of nitrogens with zero attached hydrogens (tertiary/aromatic N) is 3. The summed E-state index contributed by atoms with van der Waals surface area (Å²) >= 11 is 11.0. The van der Waals surface area contributed by atoms with Gasteiger partial charge in [0, 0.05) is 40.7 Å². The Morgan fingerprint density at radius 3 is 2.77 bits per heavy atom. The number of carbonyl (C=O) groups excluding carboxylic acids is 2. The molecule has 3 aromatic heterocycles. The van der Waals surface area contributed by atoms with Crippen LogP contribution in [0.25, 0.3) is 22.2 Å². The second-order valence-corrected chi connectivity index (χ2v) is 13.0. The highest BCUT2D eigenvalue weighted by Gasteiger charge is 2.34. The number of fused-ring (bicyclic) bond motifs is 1. The number of halogens is 1. The maximum atomic E-state index is 13.1. The molecule has 1 aliphatic rings. The highest BCUT2D eigenvalue weighted by Crippen LogP contribution is 2.34. The van der Waals surface area contributed by atoms with Gasteiger partial charge in [-0.3, -0.25) is 9.59 Å². The van der Waals surface area contributed by atoms with Crippen LogP contribution in [0.3, 0.4) is 0 Å². The van der Waals surface area contributed by atoms with Gasteiger partial charge in [-0.05, 0) is 50.8 Å². The molecule has 3 atom stereocenters. The summed E-state index contributed by atoms with van der Waals surface area (Å²) in [5.41, 5.74) is 2.99. The Morgan fingerprint density at radius 2 is 2.00 bits per heavy atom. The number of hydrogen-bond acceptors (Lipinski definition) is 7. The number of carbonyl (C=O) groups is 2. The van der Waals surface area contributed by atoms with Gasteiger partial charge < -0.3 is 25.8 Å². The van der Waals surface area contributed by atoms with E-state index in [-0.39, 0.29) is 23.1 Å². The van der Waals surface area contributed by atoms with Crippen LogP contribution in [0.15, 0.2) is 55.0 Å². The van der Waals surface area contributed by atoms with E-state index in [2.05, 4.69) is 50.5 Å². The molecule has 1 fully saturated rings. The highest BCUT2D eigenvalue weighted by atomic mass is 35.5. The molecule has 12 heteroatoms. The summed E-state index contributed by atoms with van der Waals surface area (Å²) in [5.74, 6) is 0.110. The number of amides is 2. The largest absolute Gasteiger partial charge is 0.360 e. The van der Waals surface area contributed by atoms with Crippen LogP contribution in [0.2, 0.25) is 5.02 Å². The third-order valence-electron chi connectivity index (χ3n) is 7.66. The predicted octanol–water partition coefficient (Wildman–Crippen LogP) is 3.99. The van der Waals surface area contributed by atoms with E-state index < -0.39 is 5.54 Å².